The molecule has 6 nitrogen and oxygen atoms in total. The third-order valence-electron chi connectivity index (χ3n) is 5.94. The van der Waals surface area contributed by atoms with Crippen molar-refractivity contribution in [3.63, 3.8) is 0 Å². The third-order valence-corrected chi connectivity index (χ3v) is 7.56. The second kappa shape index (κ2) is 11.6. The van der Waals surface area contributed by atoms with Gasteiger partial charge in [0.15, 0.2) is 0 Å². The lowest BCUT2D eigenvalue weighted by atomic mass is 9.94. The molecule has 1 aliphatic rings. The van der Waals surface area contributed by atoms with Crippen LogP contribution >= 0.6 is 0 Å². The SMILES string of the molecule is CCCCC(COC(C)N1C(=O)CC1[S+]([O-])Cc1ccc(C(=O)O)cc1)c1ccccc1F. The molecular weight excluding hydrogens is 445 g/mol. The number of carbonyl (C=O) groups excluding carboxylic acids is 1. The number of halogens is 1. The minimum atomic E-state index is -1.36. The van der Waals surface area contributed by atoms with Gasteiger partial charge >= 0.3 is 5.97 Å². The Hall–Kier alpha value is -2.42. The van der Waals surface area contributed by atoms with E-state index >= 15 is 0 Å². The summed E-state index contributed by atoms with van der Waals surface area (Å²) in [5.74, 6) is -1.31. The van der Waals surface area contributed by atoms with Crippen molar-refractivity contribution in [3.05, 3.63) is 71.0 Å². The number of likely N-dealkylation sites (tertiary alicyclic amines) is 1. The van der Waals surface area contributed by atoms with Gasteiger partial charge in [0.2, 0.25) is 11.3 Å². The van der Waals surface area contributed by atoms with Crippen molar-refractivity contribution in [2.24, 2.45) is 0 Å². The highest BCUT2D eigenvalue weighted by Gasteiger charge is 2.47. The summed E-state index contributed by atoms with van der Waals surface area (Å²) in [7, 11) is 0. The van der Waals surface area contributed by atoms with Gasteiger partial charge in [-0.1, -0.05) is 50.1 Å². The lowest BCUT2D eigenvalue weighted by Gasteiger charge is -2.43. The van der Waals surface area contributed by atoms with Crippen LogP contribution in [-0.4, -0.2) is 44.6 Å². The molecule has 0 saturated carbocycles. The van der Waals surface area contributed by atoms with Crippen LogP contribution in [-0.2, 0) is 26.5 Å². The number of rotatable bonds is 12. The normalized spacial score (nSPS) is 18.5. The lowest BCUT2D eigenvalue weighted by molar-refractivity contribution is -0.161. The molecule has 0 bridgehead atoms. The molecule has 4 unspecified atom stereocenters. The molecule has 178 valence electrons. The van der Waals surface area contributed by atoms with E-state index in [2.05, 4.69) is 6.92 Å². The third kappa shape index (κ3) is 6.34. The molecule has 8 heteroatoms. The van der Waals surface area contributed by atoms with Crippen LogP contribution in [0.5, 0.6) is 0 Å². The van der Waals surface area contributed by atoms with Gasteiger partial charge in [-0.15, -0.1) is 0 Å². The fraction of sp³-hybridized carbons (Fsp3) is 0.440. The molecule has 3 rings (SSSR count). The average molecular weight is 476 g/mol. The first-order valence-corrected chi connectivity index (χ1v) is 12.6. The molecule has 1 saturated heterocycles. The monoisotopic (exact) mass is 475 g/mol. The Labute approximate surface area is 196 Å². The Bertz CT molecular complexity index is 954. The standard InChI is InChI=1S/C25H30FNO5S/c1-3-4-7-20(21-8-5-6-9-22(21)26)15-32-17(2)27-23(28)14-24(27)33(31)16-18-10-12-19(13-11-18)25(29)30/h5-6,8-13,17,20,24H,3-4,7,14-16H2,1-2H3,(H,29,30). The molecule has 1 N–H and O–H groups in total. The van der Waals surface area contributed by atoms with Crippen LogP contribution in [0.2, 0.25) is 0 Å². The molecule has 2 aromatic carbocycles. The van der Waals surface area contributed by atoms with E-state index in [1.165, 1.54) is 23.1 Å². The van der Waals surface area contributed by atoms with Gasteiger partial charge in [0.1, 0.15) is 17.8 Å². The van der Waals surface area contributed by atoms with Crippen molar-refractivity contribution in [1.29, 1.82) is 0 Å². The molecule has 0 radical (unpaired) electrons. The van der Waals surface area contributed by atoms with Gasteiger partial charge in [0, 0.05) is 11.5 Å². The van der Waals surface area contributed by atoms with Crippen molar-refractivity contribution < 1.29 is 28.4 Å². The molecule has 2 aromatic rings. The summed E-state index contributed by atoms with van der Waals surface area (Å²) in [6, 6.07) is 12.9. The van der Waals surface area contributed by atoms with E-state index < -0.39 is 28.7 Å². The van der Waals surface area contributed by atoms with Crippen LogP contribution in [0.25, 0.3) is 0 Å². The maximum atomic E-state index is 14.3. The lowest BCUT2D eigenvalue weighted by Crippen LogP contribution is -2.60. The van der Waals surface area contributed by atoms with Gasteiger partial charge < -0.3 is 14.4 Å². The molecule has 1 heterocycles. The number of carboxylic acids is 1. The molecule has 1 amide bonds. The molecular formula is C25H30FNO5S. The number of carboxylic acid groups (broad SMARTS) is 1. The van der Waals surface area contributed by atoms with Crippen LogP contribution in [0.1, 0.15) is 66.9 Å². The van der Waals surface area contributed by atoms with E-state index in [4.69, 9.17) is 9.84 Å². The summed E-state index contributed by atoms with van der Waals surface area (Å²) in [6.45, 7) is 4.10. The Morgan fingerprint density at radius 3 is 2.58 bits per heavy atom. The van der Waals surface area contributed by atoms with E-state index in [0.29, 0.717) is 5.56 Å². The topological polar surface area (TPSA) is 89.9 Å². The predicted octanol–water partition coefficient (Wildman–Crippen LogP) is 4.67. The first-order chi connectivity index (χ1) is 15.8. The van der Waals surface area contributed by atoms with Crippen LogP contribution in [0.4, 0.5) is 4.39 Å². The van der Waals surface area contributed by atoms with Gasteiger partial charge in [0.05, 0.1) is 18.6 Å². The summed E-state index contributed by atoms with van der Waals surface area (Å²) >= 11 is -1.36. The first kappa shape index (κ1) is 25.2. The van der Waals surface area contributed by atoms with Crippen molar-refractivity contribution in [2.45, 2.75) is 62.8 Å². The second-order valence-corrected chi connectivity index (χ2v) is 9.87. The van der Waals surface area contributed by atoms with E-state index in [0.717, 1.165) is 24.8 Å². The molecule has 0 aromatic heterocycles. The number of ether oxygens (including phenoxy) is 1. The van der Waals surface area contributed by atoms with Gasteiger partial charge in [-0.3, -0.25) is 9.69 Å². The van der Waals surface area contributed by atoms with Crippen molar-refractivity contribution >= 4 is 23.1 Å². The van der Waals surface area contributed by atoms with Gasteiger partial charge in [-0.25, -0.2) is 9.18 Å². The highest BCUT2D eigenvalue weighted by molar-refractivity contribution is 7.91. The molecule has 1 fully saturated rings. The highest BCUT2D eigenvalue weighted by Crippen LogP contribution is 2.31. The Morgan fingerprint density at radius 1 is 1.27 bits per heavy atom. The fourth-order valence-corrected chi connectivity index (χ4v) is 5.57. The van der Waals surface area contributed by atoms with Crippen LogP contribution in [0.15, 0.2) is 48.5 Å². The Balaban J connectivity index is 1.60. The number of aromatic carboxylic acids is 1. The van der Waals surface area contributed by atoms with E-state index in [9.17, 15) is 18.5 Å². The summed E-state index contributed by atoms with van der Waals surface area (Å²) in [5, 5.41) is 8.54. The van der Waals surface area contributed by atoms with E-state index in [-0.39, 0.29) is 42.0 Å². The van der Waals surface area contributed by atoms with Crippen LogP contribution in [0.3, 0.4) is 0 Å². The van der Waals surface area contributed by atoms with E-state index in [1.54, 1.807) is 31.2 Å². The number of β-lactam (4-membered cyclic amide) rings is 1. The zero-order valence-corrected chi connectivity index (χ0v) is 19.7. The Morgan fingerprint density at radius 2 is 1.97 bits per heavy atom. The molecule has 0 spiro atoms. The van der Waals surface area contributed by atoms with Gasteiger partial charge in [-0.2, -0.15) is 0 Å². The summed E-state index contributed by atoms with van der Waals surface area (Å²) in [4.78, 5) is 24.8. The average Bonchev–Trinajstić information content (AvgIpc) is 2.78. The second-order valence-electron chi connectivity index (χ2n) is 8.28. The number of nitrogens with zero attached hydrogens (tertiary/aromatic N) is 1. The summed E-state index contributed by atoms with van der Waals surface area (Å²) in [5.41, 5.74) is 1.52. The van der Waals surface area contributed by atoms with Crippen molar-refractivity contribution in [1.82, 2.24) is 4.90 Å². The molecule has 33 heavy (non-hydrogen) atoms. The minimum Gasteiger partial charge on any atom is -0.614 e. The summed E-state index contributed by atoms with van der Waals surface area (Å²) in [6.07, 6.45) is 2.30. The molecule has 1 aliphatic heterocycles. The van der Waals surface area contributed by atoms with Crippen LogP contribution < -0.4 is 0 Å². The van der Waals surface area contributed by atoms with Gasteiger partial charge in [-0.05, 0) is 48.3 Å². The van der Waals surface area contributed by atoms with Crippen molar-refractivity contribution in [3.8, 4) is 0 Å². The fourth-order valence-electron chi connectivity index (χ4n) is 3.98. The largest absolute Gasteiger partial charge is 0.614 e. The zero-order chi connectivity index (χ0) is 24.0. The number of hydrogen-bond donors (Lipinski definition) is 1. The number of benzene rings is 2. The predicted molar refractivity (Wildman–Crippen MR) is 125 cm³/mol. The number of amides is 1. The summed E-state index contributed by atoms with van der Waals surface area (Å²) < 4.78 is 33.3. The maximum Gasteiger partial charge on any atom is 0.335 e. The van der Waals surface area contributed by atoms with Crippen molar-refractivity contribution in [2.75, 3.05) is 6.61 Å². The number of hydrogen-bond acceptors (Lipinski definition) is 4. The number of carbonyl (C=O) groups is 2. The maximum absolute atomic E-state index is 14.3. The quantitative estimate of drug-likeness (QED) is 0.356. The number of unbranched alkanes of at least 4 members (excludes halogenated alkanes) is 1. The zero-order valence-electron chi connectivity index (χ0n) is 18.9. The Kier molecular flexibility index (Phi) is 8.88. The highest BCUT2D eigenvalue weighted by atomic mass is 32.2. The van der Waals surface area contributed by atoms with Gasteiger partial charge in [0.25, 0.3) is 0 Å². The minimum absolute atomic E-state index is 0.123. The van der Waals surface area contributed by atoms with E-state index in [1.807, 2.05) is 6.07 Å². The smallest absolute Gasteiger partial charge is 0.335 e. The first-order valence-electron chi connectivity index (χ1n) is 11.2. The molecule has 4 atom stereocenters. The van der Waals surface area contributed by atoms with Crippen LogP contribution in [0, 0.1) is 5.82 Å². The molecule has 0 aliphatic carbocycles.